The van der Waals surface area contributed by atoms with Crippen LogP contribution in [0.5, 0.6) is 0 Å². The Balaban J connectivity index is 2.17. The van der Waals surface area contributed by atoms with Gasteiger partial charge in [0.2, 0.25) is 5.78 Å². The first-order valence-electron chi connectivity index (χ1n) is 5.64. The van der Waals surface area contributed by atoms with Crippen LogP contribution in [0.25, 0.3) is 10.8 Å². The quantitative estimate of drug-likeness (QED) is 0.642. The maximum atomic E-state index is 12.3. The Morgan fingerprint density at radius 2 is 2.00 bits per heavy atom. The summed E-state index contributed by atoms with van der Waals surface area (Å²) in [6, 6.07) is 11.3. The molecule has 0 saturated heterocycles. The zero-order valence-corrected chi connectivity index (χ0v) is 9.87. The van der Waals surface area contributed by atoms with E-state index in [1.54, 1.807) is 30.2 Å². The molecular weight excluding hydrogens is 226 g/mol. The highest BCUT2D eigenvalue weighted by Gasteiger charge is 2.15. The van der Waals surface area contributed by atoms with E-state index in [9.17, 15) is 4.79 Å². The number of ketones is 1. The molecular formula is C14H11N3O. The number of aryl methyl sites for hydroxylation is 1. The molecule has 0 atom stereocenters. The molecule has 0 N–H and O–H groups in total. The smallest absolute Gasteiger partial charge is 0.232 e. The van der Waals surface area contributed by atoms with E-state index in [2.05, 4.69) is 10.1 Å². The second-order valence-electron chi connectivity index (χ2n) is 4.08. The van der Waals surface area contributed by atoms with Gasteiger partial charge in [0.1, 0.15) is 11.4 Å². The molecule has 88 valence electrons. The molecule has 0 radical (unpaired) electrons. The number of rotatable bonds is 2. The molecule has 0 aliphatic heterocycles. The van der Waals surface area contributed by atoms with Crippen LogP contribution in [0.4, 0.5) is 0 Å². The summed E-state index contributed by atoms with van der Waals surface area (Å²) in [5, 5.41) is 5.98. The summed E-state index contributed by atoms with van der Waals surface area (Å²) in [5.41, 5.74) is 0.869. The highest BCUT2D eigenvalue weighted by atomic mass is 16.1. The van der Waals surface area contributed by atoms with E-state index in [4.69, 9.17) is 0 Å². The van der Waals surface area contributed by atoms with Crippen LogP contribution in [0.3, 0.4) is 0 Å². The van der Waals surface area contributed by atoms with Crippen molar-refractivity contribution in [3.05, 3.63) is 60.2 Å². The van der Waals surface area contributed by atoms with Gasteiger partial charge in [-0.1, -0.05) is 24.3 Å². The summed E-state index contributed by atoms with van der Waals surface area (Å²) in [4.78, 5) is 16.5. The third kappa shape index (κ3) is 1.68. The van der Waals surface area contributed by atoms with E-state index < -0.39 is 0 Å². The molecule has 0 aliphatic rings. The number of carbonyl (C=O) groups is 1. The molecule has 0 aliphatic carbocycles. The van der Waals surface area contributed by atoms with E-state index in [0.29, 0.717) is 11.4 Å². The van der Waals surface area contributed by atoms with Crippen molar-refractivity contribution < 1.29 is 4.79 Å². The van der Waals surface area contributed by atoms with Crippen LogP contribution in [0.1, 0.15) is 16.2 Å². The average Bonchev–Trinajstić information content (AvgIpc) is 2.84. The van der Waals surface area contributed by atoms with E-state index >= 15 is 0 Å². The second kappa shape index (κ2) is 4.07. The molecule has 4 nitrogen and oxygen atoms in total. The second-order valence-corrected chi connectivity index (χ2v) is 4.08. The van der Waals surface area contributed by atoms with Crippen LogP contribution in [-0.4, -0.2) is 20.5 Å². The van der Waals surface area contributed by atoms with Gasteiger partial charge in [0.25, 0.3) is 0 Å². The van der Waals surface area contributed by atoms with Crippen molar-refractivity contribution in [2.45, 2.75) is 0 Å². The van der Waals surface area contributed by atoms with Crippen molar-refractivity contribution in [1.29, 1.82) is 0 Å². The maximum absolute atomic E-state index is 12.3. The van der Waals surface area contributed by atoms with Gasteiger partial charge in [-0.2, -0.15) is 5.10 Å². The number of benzene rings is 1. The standard InChI is InChI=1S/C14H11N3O/c1-17-9-7-12(16-17)14(18)13-11-5-3-2-4-10(11)6-8-15-13/h2-9H,1H3. The Morgan fingerprint density at radius 1 is 1.17 bits per heavy atom. The number of hydrogen-bond donors (Lipinski definition) is 0. The Morgan fingerprint density at radius 3 is 2.78 bits per heavy atom. The van der Waals surface area contributed by atoms with Crippen molar-refractivity contribution in [2.75, 3.05) is 0 Å². The third-order valence-electron chi connectivity index (χ3n) is 2.83. The summed E-state index contributed by atoms with van der Waals surface area (Å²) in [6.07, 6.45) is 3.40. The van der Waals surface area contributed by atoms with Gasteiger partial charge in [-0.15, -0.1) is 0 Å². The van der Waals surface area contributed by atoms with Gasteiger partial charge in [0, 0.05) is 24.8 Å². The molecule has 3 rings (SSSR count). The summed E-state index contributed by atoms with van der Waals surface area (Å²) in [5.74, 6) is -0.146. The van der Waals surface area contributed by atoms with Gasteiger partial charge < -0.3 is 0 Å². The summed E-state index contributed by atoms with van der Waals surface area (Å²) >= 11 is 0. The zero-order chi connectivity index (χ0) is 12.5. The Bertz CT molecular complexity index is 725. The first kappa shape index (κ1) is 10.7. The SMILES string of the molecule is Cn1ccc(C(=O)c2nccc3ccccc23)n1. The van der Waals surface area contributed by atoms with Gasteiger partial charge in [0.15, 0.2) is 0 Å². The molecule has 0 unspecified atom stereocenters. The fourth-order valence-corrected chi connectivity index (χ4v) is 1.96. The molecule has 0 saturated carbocycles. The van der Waals surface area contributed by atoms with Gasteiger partial charge in [-0.05, 0) is 17.5 Å². The van der Waals surface area contributed by atoms with Crippen molar-refractivity contribution in [2.24, 2.45) is 7.05 Å². The molecule has 18 heavy (non-hydrogen) atoms. The van der Waals surface area contributed by atoms with Crippen LogP contribution < -0.4 is 0 Å². The Hall–Kier alpha value is -2.49. The van der Waals surface area contributed by atoms with Crippen LogP contribution in [0, 0.1) is 0 Å². The minimum Gasteiger partial charge on any atom is -0.285 e. The highest BCUT2D eigenvalue weighted by Crippen LogP contribution is 2.18. The number of hydrogen-bond acceptors (Lipinski definition) is 3. The third-order valence-corrected chi connectivity index (χ3v) is 2.83. The van der Waals surface area contributed by atoms with Crippen LogP contribution in [0.15, 0.2) is 48.8 Å². The Kier molecular flexibility index (Phi) is 2.41. The van der Waals surface area contributed by atoms with Gasteiger partial charge in [-0.3, -0.25) is 14.5 Å². The summed E-state index contributed by atoms with van der Waals surface area (Å²) < 4.78 is 1.61. The Labute approximate surface area is 104 Å². The highest BCUT2D eigenvalue weighted by molar-refractivity contribution is 6.13. The van der Waals surface area contributed by atoms with E-state index in [0.717, 1.165) is 10.8 Å². The molecule has 4 heteroatoms. The lowest BCUT2D eigenvalue weighted by atomic mass is 10.1. The molecule has 0 amide bonds. The summed E-state index contributed by atoms with van der Waals surface area (Å²) in [7, 11) is 1.79. The zero-order valence-electron chi connectivity index (χ0n) is 9.87. The predicted molar refractivity (Wildman–Crippen MR) is 68.4 cm³/mol. The minimum atomic E-state index is -0.146. The average molecular weight is 237 g/mol. The first-order valence-corrected chi connectivity index (χ1v) is 5.64. The van der Waals surface area contributed by atoms with Crippen molar-refractivity contribution in [3.63, 3.8) is 0 Å². The predicted octanol–water partition coefficient (Wildman–Crippen LogP) is 2.20. The first-order chi connectivity index (χ1) is 8.75. The minimum absolute atomic E-state index is 0.146. The van der Waals surface area contributed by atoms with E-state index in [1.165, 1.54) is 0 Å². The van der Waals surface area contributed by atoms with Crippen molar-refractivity contribution >= 4 is 16.6 Å². The molecule has 0 spiro atoms. The van der Waals surface area contributed by atoms with Gasteiger partial charge in [0.05, 0.1) is 0 Å². The summed E-state index contributed by atoms with van der Waals surface area (Å²) in [6.45, 7) is 0. The number of pyridine rings is 1. The van der Waals surface area contributed by atoms with E-state index in [1.807, 2.05) is 30.3 Å². The number of carbonyl (C=O) groups excluding carboxylic acids is 1. The fourth-order valence-electron chi connectivity index (χ4n) is 1.96. The molecule has 3 aromatic rings. The number of aromatic nitrogens is 3. The van der Waals surface area contributed by atoms with Crippen molar-refractivity contribution in [1.82, 2.24) is 14.8 Å². The normalized spacial score (nSPS) is 10.7. The lowest BCUT2D eigenvalue weighted by Crippen LogP contribution is -2.06. The van der Waals surface area contributed by atoms with Crippen LogP contribution in [-0.2, 0) is 7.05 Å². The van der Waals surface area contributed by atoms with Crippen molar-refractivity contribution in [3.8, 4) is 0 Å². The monoisotopic (exact) mass is 237 g/mol. The molecule has 0 fully saturated rings. The maximum Gasteiger partial charge on any atom is 0.232 e. The van der Waals surface area contributed by atoms with Gasteiger partial charge >= 0.3 is 0 Å². The topological polar surface area (TPSA) is 47.8 Å². The lowest BCUT2D eigenvalue weighted by molar-refractivity contribution is 0.103. The molecule has 1 aromatic carbocycles. The van der Waals surface area contributed by atoms with Crippen LogP contribution in [0.2, 0.25) is 0 Å². The molecule has 2 aromatic heterocycles. The molecule has 2 heterocycles. The number of fused-ring (bicyclic) bond motifs is 1. The lowest BCUT2D eigenvalue weighted by Gasteiger charge is -2.02. The largest absolute Gasteiger partial charge is 0.285 e. The van der Waals surface area contributed by atoms with E-state index in [-0.39, 0.29) is 5.78 Å². The molecule has 0 bridgehead atoms. The number of nitrogens with zero attached hydrogens (tertiary/aromatic N) is 3. The fraction of sp³-hybridized carbons (Fsp3) is 0.0714. The van der Waals surface area contributed by atoms with Gasteiger partial charge in [-0.25, -0.2) is 0 Å². The van der Waals surface area contributed by atoms with Crippen LogP contribution >= 0.6 is 0 Å².